The quantitative estimate of drug-likeness (QED) is 0.768. The minimum absolute atomic E-state index is 0.0822. The summed E-state index contributed by atoms with van der Waals surface area (Å²) in [7, 11) is 0. The third-order valence-corrected chi connectivity index (χ3v) is 4.40. The second kappa shape index (κ2) is 6.99. The van der Waals surface area contributed by atoms with Gasteiger partial charge in [0.2, 0.25) is 0 Å². The van der Waals surface area contributed by atoms with Crippen LogP contribution in [0.4, 0.5) is 0 Å². The average molecular weight is 270 g/mol. The molecule has 0 aliphatic carbocycles. The summed E-state index contributed by atoms with van der Waals surface area (Å²) in [5.74, 6) is 1.89. The van der Waals surface area contributed by atoms with Gasteiger partial charge in [-0.05, 0) is 44.7 Å². The Kier molecular flexibility index (Phi) is 5.31. The van der Waals surface area contributed by atoms with E-state index in [-0.39, 0.29) is 5.69 Å². The number of nitrogens with zero attached hydrogens (tertiary/aromatic N) is 2. The third-order valence-electron chi connectivity index (χ3n) is 3.39. The lowest BCUT2D eigenvalue weighted by Gasteiger charge is -2.22. The topological polar surface area (TPSA) is 62.7 Å². The van der Waals surface area contributed by atoms with Crippen molar-refractivity contribution in [2.45, 2.75) is 44.3 Å². The number of hydrogen-bond acceptors (Lipinski definition) is 4. The monoisotopic (exact) mass is 270 g/mol. The van der Waals surface area contributed by atoms with Crippen LogP contribution in [0.3, 0.4) is 0 Å². The van der Waals surface area contributed by atoms with Gasteiger partial charge in [-0.15, -0.1) is 5.10 Å². The van der Waals surface area contributed by atoms with Crippen LogP contribution in [-0.2, 0) is 6.54 Å². The van der Waals surface area contributed by atoms with Crippen LogP contribution in [0, 0.1) is 5.92 Å². The average Bonchev–Trinajstić information content (AvgIpc) is 2.73. The summed E-state index contributed by atoms with van der Waals surface area (Å²) in [6, 6.07) is 0. The van der Waals surface area contributed by atoms with Gasteiger partial charge in [0.1, 0.15) is 0 Å². The molecule has 0 saturated carbocycles. The number of nitrogens with one attached hydrogen (secondary N) is 2. The molecule has 1 fully saturated rings. The highest BCUT2D eigenvalue weighted by atomic mass is 32.2. The molecule has 6 heteroatoms. The Morgan fingerprint density at radius 3 is 2.94 bits per heavy atom. The summed E-state index contributed by atoms with van der Waals surface area (Å²) in [6.07, 6.45) is 4.74. The Morgan fingerprint density at radius 1 is 1.44 bits per heavy atom. The van der Waals surface area contributed by atoms with Crippen molar-refractivity contribution in [3.05, 3.63) is 10.5 Å². The van der Waals surface area contributed by atoms with E-state index in [2.05, 4.69) is 22.4 Å². The maximum atomic E-state index is 11.5. The molecule has 0 amide bonds. The zero-order chi connectivity index (χ0) is 12.8. The van der Waals surface area contributed by atoms with E-state index in [0.29, 0.717) is 0 Å². The van der Waals surface area contributed by atoms with E-state index in [4.69, 9.17) is 0 Å². The van der Waals surface area contributed by atoms with Gasteiger partial charge < -0.3 is 5.32 Å². The van der Waals surface area contributed by atoms with Crippen LogP contribution >= 0.6 is 11.8 Å². The van der Waals surface area contributed by atoms with E-state index in [0.717, 1.165) is 42.9 Å². The van der Waals surface area contributed by atoms with E-state index in [1.54, 1.807) is 16.3 Å². The van der Waals surface area contributed by atoms with Gasteiger partial charge in [0.15, 0.2) is 5.16 Å². The molecular weight excluding hydrogens is 248 g/mol. The van der Waals surface area contributed by atoms with Crippen molar-refractivity contribution >= 4 is 11.8 Å². The lowest BCUT2D eigenvalue weighted by atomic mass is 9.96. The minimum Gasteiger partial charge on any atom is -0.317 e. The highest BCUT2D eigenvalue weighted by Crippen LogP contribution is 2.21. The lowest BCUT2D eigenvalue weighted by Crippen LogP contribution is -2.27. The predicted octanol–water partition coefficient (Wildman–Crippen LogP) is 1.46. The standard InChI is InChI=1S/C12H22N4OS/c1-2-8-16-11(17)14-15-12(16)18-9-5-10-3-6-13-7-4-10/h10,13H,2-9H2,1H3,(H,14,17). The summed E-state index contributed by atoms with van der Waals surface area (Å²) in [5, 5.41) is 10.9. The van der Waals surface area contributed by atoms with Crippen molar-refractivity contribution in [1.82, 2.24) is 20.1 Å². The number of aromatic amines is 1. The van der Waals surface area contributed by atoms with Crippen LogP contribution in [0.5, 0.6) is 0 Å². The van der Waals surface area contributed by atoms with Crippen molar-refractivity contribution in [3.8, 4) is 0 Å². The summed E-state index contributed by atoms with van der Waals surface area (Å²) in [6.45, 7) is 5.13. The fraction of sp³-hybridized carbons (Fsp3) is 0.833. The maximum Gasteiger partial charge on any atom is 0.343 e. The number of piperidine rings is 1. The molecule has 2 heterocycles. The smallest absolute Gasteiger partial charge is 0.317 e. The van der Waals surface area contributed by atoms with E-state index in [1.165, 1.54) is 19.3 Å². The molecule has 1 aromatic rings. The molecule has 1 saturated heterocycles. The van der Waals surface area contributed by atoms with E-state index >= 15 is 0 Å². The van der Waals surface area contributed by atoms with Crippen LogP contribution in [0.1, 0.15) is 32.6 Å². The first kappa shape index (κ1) is 13.7. The number of rotatable bonds is 6. The first-order valence-corrected chi connectivity index (χ1v) is 7.78. The van der Waals surface area contributed by atoms with Crippen LogP contribution in [0.2, 0.25) is 0 Å². The van der Waals surface area contributed by atoms with Gasteiger partial charge in [0.25, 0.3) is 0 Å². The van der Waals surface area contributed by atoms with E-state index in [9.17, 15) is 4.79 Å². The number of aromatic nitrogens is 3. The second-order valence-electron chi connectivity index (χ2n) is 4.79. The van der Waals surface area contributed by atoms with Crippen molar-refractivity contribution in [2.75, 3.05) is 18.8 Å². The Morgan fingerprint density at radius 2 is 2.22 bits per heavy atom. The maximum absolute atomic E-state index is 11.5. The molecule has 0 aromatic carbocycles. The molecule has 0 bridgehead atoms. The van der Waals surface area contributed by atoms with E-state index in [1.807, 2.05) is 0 Å². The molecule has 1 aromatic heterocycles. The molecule has 2 N–H and O–H groups in total. The summed E-state index contributed by atoms with van der Waals surface area (Å²) >= 11 is 1.70. The van der Waals surface area contributed by atoms with Crippen molar-refractivity contribution in [1.29, 1.82) is 0 Å². The number of hydrogen-bond donors (Lipinski definition) is 2. The Labute approximate surface area is 112 Å². The Bertz CT molecular complexity index is 408. The summed E-state index contributed by atoms with van der Waals surface area (Å²) in [4.78, 5) is 11.5. The second-order valence-corrected chi connectivity index (χ2v) is 5.86. The van der Waals surface area contributed by atoms with Gasteiger partial charge in [0, 0.05) is 12.3 Å². The molecule has 1 aliphatic rings. The summed E-state index contributed by atoms with van der Waals surface area (Å²) < 4.78 is 1.74. The molecular formula is C12H22N4OS. The molecule has 5 nitrogen and oxygen atoms in total. The van der Waals surface area contributed by atoms with Crippen LogP contribution in [0.25, 0.3) is 0 Å². The molecule has 18 heavy (non-hydrogen) atoms. The predicted molar refractivity (Wildman–Crippen MR) is 74.1 cm³/mol. The fourth-order valence-electron chi connectivity index (χ4n) is 2.32. The van der Waals surface area contributed by atoms with Gasteiger partial charge in [-0.1, -0.05) is 18.7 Å². The first-order chi connectivity index (χ1) is 8.81. The largest absolute Gasteiger partial charge is 0.343 e. The minimum atomic E-state index is -0.0822. The highest BCUT2D eigenvalue weighted by molar-refractivity contribution is 7.99. The highest BCUT2D eigenvalue weighted by Gasteiger charge is 2.14. The van der Waals surface area contributed by atoms with Crippen LogP contribution < -0.4 is 11.0 Å². The molecule has 2 rings (SSSR count). The number of thioether (sulfide) groups is 1. The molecule has 102 valence electrons. The fourth-order valence-corrected chi connectivity index (χ4v) is 3.40. The number of H-pyrrole nitrogens is 1. The lowest BCUT2D eigenvalue weighted by molar-refractivity contribution is 0.367. The normalized spacial score (nSPS) is 17.2. The molecule has 0 radical (unpaired) electrons. The Hall–Kier alpha value is -0.750. The third kappa shape index (κ3) is 3.62. The van der Waals surface area contributed by atoms with E-state index < -0.39 is 0 Å². The summed E-state index contributed by atoms with van der Waals surface area (Å²) in [5.41, 5.74) is -0.0822. The van der Waals surface area contributed by atoms with Gasteiger partial charge >= 0.3 is 5.69 Å². The SMILES string of the molecule is CCCn1c(SCCC2CCNCC2)n[nH]c1=O. The molecule has 0 unspecified atom stereocenters. The molecule has 0 spiro atoms. The van der Waals surface area contributed by atoms with Gasteiger partial charge in [0.05, 0.1) is 0 Å². The van der Waals surface area contributed by atoms with Crippen LogP contribution in [0.15, 0.2) is 9.95 Å². The van der Waals surface area contributed by atoms with Gasteiger partial charge in [-0.3, -0.25) is 4.57 Å². The zero-order valence-corrected chi connectivity index (χ0v) is 11.8. The Balaban J connectivity index is 1.80. The van der Waals surface area contributed by atoms with Crippen LogP contribution in [-0.4, -0.2) is 33.6 Å². The van der Waals surface area contributed by atoms with Crippen molar-refractivity contribution in [3.63, 3.8) is 0 Å². The zero-order valence-electron chi connectivity index (χ0n) is 10.9. The first-order valence-electron chi connectivity index (χ1n) is 6.80. The molecule has 0 atom stereocenters. The van der Waals surface area contributed by atoms with Crippen molar-refractivity contribution in [2.24, 2.45) is 5.92 Å². The molecule has 1 aliphatic heterocycles. The van der Waals surface area contributed by atoms with Crippen molar-refractivity contribution < 1.29 is 0 Å². The van der Waals surface area contributed by atoms with Gasteiger partial charge in [-0.2, -0.15) is 0 Å². The van der Waals surface area contributed by atoms with Gasteiger partial charge in [-0.25, -0.2) is 9.89 Å².